The number of benzene rings is 1. The highest BCUT2D eigenvalue weighted by Crippen LogP contribution is 2.33. The van der Waals surface area contributed by atoms with E-state index in [4.69, 9.17) is 14.3 Å². The van der Waals surface area contributed by atoms with Gasteiger partial charge >= 0.3 is 5.97 Å². The van der Waals surface area contributed by atoms with Gasteiger partial charge in [0.25, 0.3) is 0 Å². The number of carboxylic acids is 1. The highest BCUT2D eigenvalue weighted by atomic mass is 16.5. The van der Waals surface area contributed by atoms with Crippen LogP contribution in [0, 0.1) is 0 Å². The maximum absolute atomic E-state index is 11.1. The minimum absolute atomic E-state index is 0.0139. The van der Waals surface area contributed by atoms with Crippen LogP contribution in [0.1, 0.15) is 36.4 Å². The summed E-state index contributed by atoms with van der Waals surface area (Å²) in [6.07, 6.45) is 1.51. The van der Waals surface area contributed by atoms with Crippen molar-refractivity contribution >= 4 is 16.9 Å². The molecule has 0 radical (unpaired) electrons. The van der Waals surface area contributed by atoms with Crippen molar-refractivity contribution in [3.63, 3.8) is 0 Å². The van der Waals surface area contributed by atoms with E-state index in [1.165, 1.54) is 0 Å². The van der Waals surface area contributed by atoms with Crippen LogP contribution in [0.4, 0.5) is 0 Å². The van der Waals surface area contributed by atoms with E-state index in [1.807, 2.05) is 26.0 Å². The third-order valence-corrected chi connectivity index (χ3v) is 2.79. The Morgan fingerprint density at radius 2 is 2.17 bits per heavy atom. The van der Waals surface area contributed by atoms with Crippen molar-refractivity contribution in [1.82, 2.24) is 0 Å². The van der Waals surface area contributed by atoms with Crippen molar-refractivity contribution in [2.75, 3.05) is 6.61 Å². The minimum atomic E-state index is -1.04. The van der Waals surface area contributed by atoms with Gasteiger partial charge in [-0.3, -0.25) is 0 Å². The molecule has 2 rings (SSSR count). The SMILES string of the molecule is CCCOc1cccc2c(CC)c(C(=O)O)oc12. The average molecular weight is 248 g/mol. The lowest BCUT2D eigenvalue weighted by Crippen LogP contribution is -1.97. The van der Waals surface area contributed by atoms with Crippen molar-refractivity contribution in [1.29, 1.82) is 0 Å². The Bertz CT molecular complexity index is 568. The number of carboxylic acid groups (broad SMARTS) is 1. The second-order valence-corrected chi connectivity index (χ2v) is 4.05. The summed E-state index contributed by atoms with van der Waals surface area (Å²) < 4.78 is 11.0. The second kappa shape index (κ2) is 5.12. The monoisotopic (exact) mass is 248 g/mol. The van der Waals surface area contributed by atoms with Gasteiger partial charge in [0.05, 0.1) is 6.61 Å². The van der Waals surface area contributed by atoms with E-state index >= 15 is 0 Å². The molecule has 0 bridgehead atoms. The van der Waals surface area contributed by atoms with E-state index in [1.54, 1.807) is 6.07 Å². The molecular formula is C14H16O4. The lowest BCUT2D eigenvalue weighted by atomic mass is 10.1. The molecule has 0 fully saturated rings. The summed E-state index contributed by atoms with van der Waals surface area (Å²) in [5, 5.41) is 9.95. The van der Waals surface area contributed by atoms with Gasteiger partial charge in [-0.05, 0) is 18.9 Å². The van der Waals surface area contributed by atoms with Gasteiger partial charge in [-0.15, -0.1) is 0 Å². The zero-order chi connectivity index (χ0) is 13.1. The Morgan fingerprint density at radius 1 is 1.39 bits per heavy atom. The normalized spacial score (nSPS) is 10.8. The maximum Gasteiger partial charge on any atom is 0.372 e. The fourth-order valence-electron chi connectivity index (χ4n) is 1.99. The van der Waals surface area contributed by atoms with Crippen LogP contribution < -0.4 is 4.74 Å². The fourth-order valence-corrected chi connectivity index (χ4v) is 1.99. The predicted molar refractivity (Wildman–Crippen MR) is 68.3 cm³/mol. The molecule has 0 saturated carbocycles. The number of carbonyl (C=O) groups is 1. The molecule has 0 atom stereocenters. The number of aromatic carboxylic acids is 1. The van der Waals surface area contributed by atoms with Crippen LogP contribution in [0.3, 0.4) is 0 Å². The first kappa shape index (κ1) is 12.5. The van der Waals surface area contributed by atoms with Crippen LogP contribution in [0.2, 0.25) is 0 Å². The van der Waals surface area contributed by atoms with Gasteiger partial charge in [0.15, 0.2) is 11.3 Å². The van der Waals surface area contributed by atoms with Crippen LogP contribution in [0.5, 0.6) is 5.75 Å². The largest absolute Gasteiger partial charge is 0.490 e. The molecule has 0 aliphatic rings. The molecule has 2 aromatic rings. The van der Waals surface area contributed by atoms with Crippen molar-refractivity contribution in [2.24, 2.45) is 0 Å². The summed E-state index contributed by atoms with van der Waals surface area (Å²) in [7, 11) is 0. The average Bonchev–Trinajstić information content (AvgIpc) is 2.75. The molecule has 4 nitrogen and oxygen atoms in total. The number of fused-ring (bicyclic) bond motifs is 1. The summed E-state index contributed by atoms with van der Waals surface area (Å²) in [5.74, 6) is -0.416. The van der Waals surface area contributed by atoms with Crippen LogP contribution in [0.15, 0.2) is 22.6 Å². The highest BCUT2D eigenvalue weighted by molar-refractivity contribution is 5.97. The van der Waals surface area contributed by atoms with E-state index in [0.29, 0.717) is 24.4 Å². The van der Waals surface area contributed by atoms with Gasteiger partial charge in [-0.2, -0.15) is 0 Å². The first-order chi connectivity index (χ1) is 8.69. The number of ether oxygens (including phenoxy) is 1. The van der Waals surface area contributed by atoms with E-state index in [9.17, 15) is 4.79 Å². The second-order valence-electron chi connectivity index (χ2n) is 4.05. The quantitative estimate of drug-likeness (QED) is 0.880. The summed E-state index contributed by atoms with van der Waals surface area (Å²) in [5.41, 5.74) is 1.25. The Labute approximate surface area is 105 Å². The number of aryl methyl sites for hydroxylation is 1. The molecule has 0 aliphatic carbocycles. The Balaban J connectivity index is 2.59. The molecule has 0 unspecified atom stereocenters. The van der Waals surface area contributed by atoms with E-state index < -0.39 is 5.97 Å². The molecule has 0 aliphatic heterocycles. The lowest BCUT2D eigenvalue weighted by molar-refractivity contribution is 0.0663. The third kappa shape index (κ3) is 2.06. The predicted octanol–water partition coefficient (Wildman–Crippen LogP) is 3.48. The van der Waals surface area contributed by atoms with E-state index in [2.05, 4.69) is 0 Å². The molecule has 4 heteroatoms. The van der Waals surface area contributed by atoms with Gasteiger partial charge in [-0.25, -0.2) is 4.79 Å². The van der Waals surface area contributed by atoms with Gasteiger partial charge in [0.2, 0.25) is 5.76 Å². The number of rotatable bonds is 5. The molecule has 1 aromatic heterocycles. The van der Waals surface area contributed by atoms with Gasteiger partial charge in [0.1, 0.15) is 0 Å². The molecule has 96 valence electrons. The summed E-state index contributed by atoms with van der Waals surface area (Å²) in [6.45, 7) is 4.52. The van der Waals surface area contributed by atoms with E-state index in [-0.39, 0.29) is 5.76 Å². The van der Waals surface area contributed by atoms with Crippen molar-refractivity contribution in [3.8, 4) is 5.75 Å². The van der Waals surface area contributed by atoms with E-state index in [0.717, 1.165) is 17.4 Å². The first-order valence-corrected chi connectivity index (χ1v) is 6.09. The van der Waals surface area contributed by atoms with Crippen molar-refractivity contribution < 1.29 is 19.1 Å². The standard InChI is InChI=1S/C14H16O4/c1-3-8-17-11-7-5-6-10-9(4-2)13(14(15)16)18-12(10)11/h5-7H,3-4,8H2,1-2H3,(H,15,16). The van der Waals surface area contributed by atoms with Crippen LogP contribution in [-0.4, -0.2) is 17.7 Å². The van der Waals surface area contributed by atoms with Crippen LogP contribution >= 0.6 is 0 Å². The maximum atomic E-state index is 11.1. The van der Waals surface area contributed by atoms with Gasteiger partial charge < -0.3 is 14.3 Å². The molecule has 18 heavy (non-hydrogen) atoms. The molecule has 1 heterocycles. The Kier molecular flexibility index (Phi) is 3.55. The molecule has 0 saturated heterocycles. The topological polar surface area (TPSA) is 59.7 Å². The summed E-state index contributed by atoms with van der Waals surface area (Å²) >= 11 is 0. The minimum Gasteiger partial charge on any atom is -0.490 e. The fraction of sp³-hybridized carbons (Fsp3) is 0.357. The summed E-state index contributed by atoms with van der Waals surface area (Å²) in [4.78, 5) is 11.1. The summed E-state index contributed by atoms with van der Waals surface area (Å²) in [6, 6.07) is 5.52. The molecule has 0 amide bonds. The molecule has 1 N–H and O–H groups in total. The number of para-hydroxylation sites is 1. The van der Waals surface area contributed by atoms with Crippen LogP contribution in [-0.2, 0) is 6.42 Å². The zero-order valence-corrected chi connectivity index (χ0v) is 10.5. The molecular weight excluding hydrogens is 232 g/mol. The van der Waals surface area contributed by atoms with Crippen LogP contribution in [0.25, 0.3) is 11.0 Å². The number of furan rings is 1. The van der Waals surface area contributed by atoms with Gasteiger partial charge in [0, 0.05) is 10.9 Å². The highest BCUT2D eigenvalue weighted by Gasteiger charge is 2.20. The molecule has 1 aromatic carbocycles. The van der Waals surface area contributed by atoms with Gasteiger partial charge in [-0.1, -0.05) is 26.0 Å². The third-order valence-electron chi connectivity index (χ3n) is 2.79. The zero-order valence-electron chi connectivity index (χ0n) is 10.5. The first-order valence-electron chi connectivity index (χ1n) is 6.09. The number of hydrogen-bond donors (Lipinski definition) is 1. The van der Waals surface area contributed by atoms with Crippen molar-refractivity contribution in [3.05, 3.63) is 29.5 Å². The lowest BCUT2D eigenvalue weighted by Gasteiger charge is -2.04. The number of hydrogen-bond acceptors (Lipinski definition) is 3. The molecule has 0 spiro atoms. The Morgan fingerprint density at radius 3 is 2.78 bits per heavy atom. The Hall–Kier alpha value is -1.97. The van der Waals surface area contributed by atoms with Crippen molar-refractivity contribution in [2.45, 2.75) is 26.7 Å². The smallest absolute Gasteiger partial charge is 0.372 e.